The number of hydrogen-bond acceptors (Lipinski definition) is 7. The van der Waals surface area contributed by atoms with Crippen LogP contribution in [-0.2, 0) is 14.8 Å². The number of nitrogens with zero attached hydrogens (tertiary/aromatic N) is 3. The number of esters is 1. The third-order valence-electron chi connectivity index (χ3n) is 3.79. The molecule has 1 aromatic heterocycles. The number of halogens is 1. The van der Waals surface area contributed by atoms with Gasteiger partial charge < -0.3 is 4.74 Å². The molecule has 0 amide bonds. The van der Waals surface area contributed by atoms with Gasteiger partial charge in [-0.1, -0.05) is 13.8 Å². The summed E-state index contributed by atoms with van der Waals surface area (Å²) in [5, 5.41) is 0. The van der Waals surface area contributed by atoms with Crippen LogP contribution in [-0.4, -0.2) is 44.3 Å². The van der Waals surface area contributed by atoms with E-state index in [1.807, 2.05) is 13.8 Å². The first-order valence-corrected chi connectivity index (χ1v) is 10.5. The lowest BCUT2D eigenvalue weighted by molar-refractivity contribution is 0.0524. The van der Waals surface area contributed by atoms with Gasteiger partial charge in [-0.15, -0.1) is 0 Å². The largest absolute Gasteiger partial charge is 0.462 e. The number of hydrogen-bond donors (Lipinski definition) is 1. The number of carbonyl (C=O) groups is 1. The van der Waals surface area contributed by atoms with Crippen LogP contribution < -0.4 is 9.84 Å². The van der Waals surface area contributed by atoms with E-state index < -0.39 is 21.8 Å². The number of nitrogens with one attached hydrogen (secondary N) is 1. The van der Waals surface area contributed by atoms with Crippen LogP contribution in [0.3, 0.4) is 0 Å². The second-order valence-electron chi connectivity index (χ2n) is 6.27. The van der Waals surface area contributed by atoms with E-state index in [0.717, 1.165) is 10.7 Å². The molecule has 152 valence electrons. The molecule has 1 N–H and O–H groups in total. The van der Waals surface area contributed by atoms with E-state index in [-0.39, 0.29) is 29.7 Å². The van der Waals surface area contributed by atoms with E-state index in [0.29, 0.717) is 11.3 Å². The van der Waals surface area contributed by atoms with Gasteiger partial charge in [0.15, 0.2) is 0 Å². The maximum Gasteiger partial charge on any atom is 0.342 e. The molecule has 2 rings (SSSR count). The minimum atomic E-state index is -3.74. The van der Waals surface area contributed by atoms with Gasteiger partial charge in [-0.25, -0.2) is 33.0 Å². The number of rotatable bonds is 7. The lowest BCUT2D eigenvalue weighted by Crippen LogP contribution is -2.41. The Morgan fingerprint density at radius 1 is 1.25 bits per heavy atom. The van der Waals surface area contributed by atoms with Crippen LogP contribution in [0.4, 0.5) is 10.3 Å². The molecule has 0 saturated heterocycles. The third-order valence-corrected chi connectivity index (χ3v) is 4.79. The van der Waals surface area contributed by atoms with E-state index in [4.69, 9.17) is 4.74 Å². The molecule has 0 fully saturated rings. The molecule has 2 aromatic rings. The predicted octanol–water partition coefficient (Wildman–Crippen LogP) is 2.48. The number of anilines is 1. The van der Waals surface area contributed by atoms with Gasteiger partial charge in [-0.2, -0.15) is 4.41 Å². The molecule has 8 nitrogen and oxygen atoms in total. The number of benzene rings is 1. The lowest BCUT2D eigenvalue weighted by Gasteiger charge is -2.22. The molecular formula is C18H23FN4O4S. The Morgan fingerprint density at radius 3 is 2.32 bits per heavy atom. The summed E-state index contributed by atoms with van der Waals surface area (Å²) in [6, 6.07) is 5.37. The maximum absolute atomic E-state index is 13.4. The van der Waals surface area contributed by atoms with Crippen molar-refractivity contribution in [1.29, 1.82) is 0 Å². The molecule has 0 radical (unpaired) electrons. The van der Waals surface area contributed by atoms with Crippen molar-refractivity contribution in [3.05, 3.63) is 41.3 Å². The van der Waals surface area contributed by atoms with Crippen LogP contribution >= 0.6 is 0 Å². The maximum atomic E-state index is 13.4. The smallest absolute Gasteiger partial charge is 0.342 e. The van der Waals surface area contributed by atoms with Crippen LogP contribution in [0.2, 0.25) is 0 Å². The van der Waals surface area contributed by atoms with Gasteiger partial charge in [0.2, 0.25) is 10.0 Å². The summed E-state index contributed by atoms with van der Waals surface area (Å²) in [5.41, 5.74) is 3.57. The van der Waals surface area contributed by atoms with Crippen LogP contribution in [0.1, 0.15) is 42.7 Å². The highest BCUT2D eigenvalue weighted by Crippen LogP contribution is 2.31. The van der Waals surface area contributed by atoms with Crippen molar-refractivity contribution in [3.8, 4) is 11.3 Å². The van der Waals surface area contributed by atoms with E-state index in [1.54, 1.807) is 6.92 Å². The quantitative estimate of drug-likeness (QED) is 0.553. The van der Waals surface area contributed by atoms with Gasteiger partial charge in [0.05, 0.1) is 24.3 Å². The summed E-state index contributed by atoms with van der Waals surface area (Å²) in [5.74, 6) is -1.47. The molecule has 0 aliphatic rings. The Balaban J connectivity index is 2.86. The van der Waals surface area contributed by atoms with E-state index in [2.05, 4.69) is 15.4 Å². The van der Waals surface area contributed by atoms with E-state index in [9.17, 15) is 17.6 Å². The summed E-state index contributed by atoms with van der Waals surface area (Å²) in [6.45, 7) is 5.44. The Morgan fingerprint density at radius 2 is 1.86 bits per heavy atom. The van der Waals surface area contributed by atoms with Gasteiger partial charge in [0.1, 0.15) is 11.4 Å². The van der Waals surface area contributed by atoms with Gasteiger partial charge >= 0.3 is 5.97 Å². The van der Waals surface area contributed by atoms with Crippen molar-refractivity contribution >= 4 is 21.9 Å². The number of hydrazine groups is 1. The van der Waals surface area contributed by atoms with Crippen molar-refractivity contribution in [2.75, 3.05) is 24.3 Å². The minimum Gasteiger partial charge on any atom is -0.462 e. The van der Waals surface area contributed by atoms with E-state index >= 15 is 0 Å². The predicted molar refractivity (Wildman–Crippen MR) is 104 cm³/mol. The van der Waals surface area contributed by atoms with Gasteiger partial charge in [-0.05, 0) is 37.1 Å². The van der Waals surface area contributed by atoms with E-state index in [1.165, 1.54) is 31.3 Å². The molecule has 10 heteroatoms. The van der Waals surface area contributed by atoms with Crippen LogP contribution in [0, 0.1) is 5.82 Å². The summed E-state index contributed by atoms with van der Waals surface area (Å²) in [6.07, 6.45) is 0.999. The Kier molecular flexibility index (Phi) is 6.68. The zero-order valence-electron chi connectivity index (χ0n) is 16.4. The van der Waals surface area contributed by atoms with Crippen LogP contribution in [0.25, 0.3) is 11.3 Å². The lowest BCUT2D eigenvalue weighted by atomic mass is 9.98. The Hall–Kier alpha value is -2.59. The first kappa shape index (κ1) is 21.7. The van der Waals surface area contributed by atoms with Crippen molar-refractivity contribution in [3.63, 3.8) is 0 Å². The fourth-order valence-electron chi connectivity index (χ4n) is 2.61. The van der Waals surface area contributed by atoms with Gasteiger partial charge in [-0.3, -0.25) is 0 Å². The fraction of sp³-hybridized carbons (Fsp3) is 0.389. The molecule has 0 atom stereocenters. The zero-order valence-corrected chi connectivity index (χ0v) is 17.2. The topological polar surface area (TPSA) is 101 Å². The first-order chi connectivity index (χ1) is 13.1. The highest BCUT2D eigenvalue weighted by atomic mass is 32.2. The zero-order chi connectivity index (χ0) is 21.1. The fourth-order valence-corrected chi connectivity index (χ4v) is 3.32. The minimum absolute atomic E-state index is 0.122. The Labute approximate surface area is 163 Å². The van der Waals surface area contributed by atoms with Crippen LogP contribution in [0.15, 0.2) is 24.3 Å². The van der Waals surface area contributed by atoms with Crippen molar-refractivity contribution in [2.45, 2.75) is 26.7 Å². The molecular weight excluding hydrogens is 387 g/mol. The van der Waals surface area contributed by atoms with Crippen molar-refractivity contribution < 1.29 is 22.3 Å². The summed E-state index contributed by atoms with van der Waals surface area (Å²) >= 11 is 0. The van der Waals surface area contributed by atoms with Gasteiger partial charge in [0.25, 0.3) is 5.95 Å². The third kappa shape index (κ3) is 4.63. The molecule has 0 spiro atoms. The molecule has 28 heavy (non-hydrogen) atoms. The first-order valence-electron chi connectivity index (χ1n) is 8.62. The number of carbonyl (C=O) groups excluding carboxylic acids is 1. The summed E-state index contributed by atoms with van der Waals surface area (Å²) < 4.78 is 43.6. The normalized spacial score (nSPS) is 11.5. The highest BCUT2D eigenvalue weighted by Gasteiger charge is 2.28. The number of ether oxygens (including phenoxy) is 1. The second kappa shape index (κ2) is 8.61. The average Bonchev–Trinajstić information content (AvgIpc) is 2.61. The molecule has 0 unspecified atom stereocenters. The molecule has 0 aliphatic heterocycles. The average molecular weight is 410 g/mol. The second-order valence-corrected chi connectivity index (χ2v) is 8.10. The summed E-state index contributed by atoms with van der Waals surface area (Å²) in [4.78, 5) is 21.3. The molecule has 1 heterocycles. The Bertz CT molecular complexity index is 962. The highest BCUT2D eigenvalue weighted by molar-refractivity contribution is 7.92. The monoisotopic (exact) mass is 410 g/mol. The van der Waals surface area contributed by atoms with Crippen LogP contribution in [0.5, 0.6) is 0 Å². The number of aromatic nitrogens is 2. The van der Waals surface area contributed by atoms with Gasteiger partial charge in [0, 0.05) is 12.6 Å². The number of sulfonamides is 1. The molecule has 0 aliphatic carbocycles. The molecule has 1 aromatic carbocycles. The standard InChI is InChI=1S/C18H23FN4O4S/c1-6-27-17(24)14-15(11(2)3)21-18(23(20-4)28(5,25)26)22-16(14)12-7-9-13(19)10-8-12/h7-11,20H,6H2,1-5H3. The molecule has 0 saturated carbocycles. The molecule has 0 bridgehead atoms. The summed E-state index contributed by atoms with van der Waals surface area (Å²) in [7, 11) is -2.33. The van der Waals surface area contributed by atoms with Crippen molar-refractivity contribution in [2.24, 2.45) is 0 Å². The van der Waals surface area contributed by atoms with Crippen molar-refractivity contribution in [1.82, 2.24) is 15.4 Å². The SMILES string of the molecule is CCOC(=O)c1c(-c2ccc(F)cc2)nc(N(NC)S(C)(=O)=O)nc1C(C)C.